The van der Waals surface area contributed by atoms with E-state index in [0.717, 1.165) is 19.3 Å². The molecule has 110 valence electrons. The van der Waals surface area contributed by atoms with Crippen LogP contribution in [0.5, 0.6) is 0 Å². The summed E-state index contributed by atoms with van der Waals surface area (Å²) in [6, 6.07) is 0. The second-order valence-electron chi connectivity index (χ2n) is 5.89. The van der Waals surface area contributed by atoms with Crippen molar-refractivity contribution in [2.75, 3.05) is 13.7 Å². The third-order valence-corrected chi connectivity index (χ3v) is 3.83. The van der Waals surface area contributed by atoms with E-state index in [-0.39, 0.29) is 18.1 Å². The van der Waals surface area contributed by atoms with Crippen molar-refractivity contribution >= 4 is 11.9 Å². The molecule has 1 unspecified atom stereocenters. The Kier molecular flexibility index (Phi) is 5.79. The standard InChI is InChI=1S/C14H25NO4/c1-10(2)7-11(13(17)18)9-15-12(16)8-14(19-3)5-4-6-14/h10-11H,4-9H2,1-3H3,(H,15,16)(H,17,18). The Balaban J connectivity index is 2.37. The van der Waals surface area contributed by atoms with Gasteiger partial charge in [-0.3, -0.25) is 9.59 Å². The maximum absolute atomic E-state index is 11.8. The summed E-state index contributed by atoms with van der Waals surface area (Å²) in [4.78, 5) is 22.9. The van der Waals surface area contributed by atoms with Crippen LogP contribution in [0.2, 0.25) is 0 Å². The third kappa shape index (κ3) is 4.82. The predicted octanol–water partition coefficient (Wildman–Crippen LogP) is 1.81. The quantitative estimate of drug-likeness (QED) is 0.706. The van der Waals surface area contributed by atoms with Gasteiger partial charge in [0.1, 0.15) is 0 Å². The smallest absolute Gasteiger partial charge is 0.308 e. The first-order valence-electron chi connectivity index (χ1n) is 6.93. The topological polar surface area (TPSA) is 75.6 Å². The van der Waals surface area contributed by atoms with Crippen LogP contribution < -0.4 is 5.32 Å². The van der Waals surface area contributed by atoms with Crippen LogP contribution in [0, 0.1) is 11.8 Å². The fraction of sp³-hybridized carbons (Fsp3) is 0.857. The molecule has 1 fully saturated rings. The van der Waals surface area contributed by atoms with Gasteiger partial charge in [0.2, 0.25) is 5.91 Å². The molecule has 0 aliphatic heterocycles. The Labute approximate surface area is 114 Å². The Bertz CT molecular complexity index is 318. The number of ether oxygens (including phenoxy) is 1. The molecule has 0 saturated heterocycles. The number of carbonyl (C=O) groups excluding carboxylic acids is 1. The van der Waals surface area contributed by atoms with E-state index in [1.165, 1.54) is 0 Å². The van der Waals surface area contributed by atoms with Crippen LogP contribution in [0.25, 0.3) is 0 Å². The lowest BCUT2D eigenvalue weighted by Crippen LogP contribution is -2.45. The van der Waals surface area contributed by atoms with Crippen molar-refractivity contribution in [3.63, 3.8) is 0 Å². The van der Waals surface area contributed by atoms with Gasteiger partial charge in [-0.25, -0.2) is 0 Å². The van der Waals surface area contributed by atoms with Crippen LogP contribution >= 0.6 is 0 Å². The Morgan fingerprint density at radius 3 is 2.37 bits per heavy atom. The molecule has 1 aliphatic carbocycles. The van der Waals surface area contributed by atoms with Gasteiger partial charge in [0.25, 0.3) is 0 Å². The molecule has 0 heterocycles. The third-order valence-electron chi connectivity index (χ3n) is 3.83. The lowest BCUT2D eigenvalue weighted by Gasteiger charge is -2.40. The molecule has 1 saturated carbocycles. The average molecular weight is 271 g/mol. The van der Waals surface area contributed by atoms with Gasteiger partial charge in [0, 0.05) is 13.7 Å². The fourth-order valence-corrected chi connectivity index (χ4v) is 2.46. The molecule has 0 aromatic heterocycles. The highest BCUT2D eigenvalue weighted by Gasteiger charge is 2.39. The first-order chi connectivity index (χ1) is 8.88. The molecule has 5 nitrogen and oxygen atoms in total. The molecular weight excluding hydrogens is 246 g/mol. The molecule has 19 heavy (non-hydrogen) atoms. The van der Waals surface area contributed by atoms with Crippen LogP contribution in [-0.2, 0) is 14.3 Å². The highest BCUT2D eigenvalue weighted by Crippen LogP contribution is 2.37. The highest BCUT2D eigenvalue weighted by atomic mass is 16.5. The Morgan fingerprint density at radius 1 is 1.37 bits per heavy atom. The lowest BCUT2D eigenvalue weighted by atomic mass is 9.77. The van der Waals surface area contributed by atoms with Gasteiger partial charge in [0.05, 0.1) is 17.9 Å². The molecule has 1 amide bonds. The minimum Gasteiger partial charge on any atom is -0.481 e. The number of carboxylic acid groups (broad SMARTS) is 1. The van der Waals surface area contributed by atoms with Crippen LogP contribution in [0.4, 0.5) is 0 Å². The number of aliphatic carboxylic acids is 1. The summed E-state index contributed by atoms with van der Waals surface area (Å²) in [6.07, 6.45) is 3.81. The number of amides is 1. The molecule has 1 aliphatic rings. The van der Waals surface area contributed by atoms with E-state index in [4.69, 9.17) is 9.84 Å². The summed E-state index contributed by atoms with van der Waals surface area (Å²) in [5.41, 5.74) is -0.305. The summed E-state index contributed by atoms with van der Waals surface area (Å²) in [7, 11) is 1.63. The van der Waals surface area contributed by atoms with Crippen LogP contribution in [-0.4, -0.2) is 36.2 Å². The average Bonchev–Trinajstić information content (AvgIpc) is 2.28. The van der Waals surface area contributed by atoms with Gasteiger partial charge >= 0.3 is 5.97 Å². The molecule has 1 atom stereocenters. The molecular formula is C14H25NO4. The molecule has 0 aromatic carbocycles. The SMILES string of the molecule is COC1(CC(=O)NCC(CC(C)C)C(=O)O)CCC1. The number of carboxylic acids is 1. The highest BCUT2D eigenvalue weighted by molar-refractivity contribution is 5.78. The van der Waals surface area contributed by atoms with Gasteiger partial charge in [0.15, 0.2) is 0 Å². The van der Waals surface area contributed by atoms with Gasteiger partial charge in [-0.15, -0.1) is 0 Å². The number of methoxy groups -OCH3 is 1. The van der Waals surface area contributed by atoms with Crippen molar-refractivity contribution < 1.29 is 19.4 Å². The normalized spacial score (nSPS) is 18.7. The zero-order chi connectivity index (χ0) is 14.5. The van der Waals surface area contributed by atoms with E-state index in [9.17, 15) is 9.59 Å². The molecule has 0 aromatic rings. The Hall–Kier alpha value is -1.10. The number of carbonyl (C=O) groups is 2. The van der Waals surface area contributed by atoms with Gasteiger partial charge in [-0.05, 0) is 31.6 Å². The maximum atomic E-state index is 11.8. The number of rotatable bonds is 8. The van der Waals surface area contributed by atoms with Gasteiger partial charge < -0.3 is 15.2 Å². The predicted molar refractivity (Wildman–Crippen MR) is 71.8 cm³/mol. The second-order valence-corrected chi connectivity index (χ2v) is 5.89. The zero-order valence-corrected chi connectivity index (χ0v) is 12.1. The molecule has 5 heteroatoms. The van der Waals surface area contributed by atoms with Crippen molar-refractivity contribution in [2.45, 2.75) is 51.6 Å². The van der Waals surface area contributed by atoms with E-state index in [1.807, 2.05) is 13.8 Å². The zero-order valence-electron chi connectivity index (χ0n) is 12.1. The number of nitrogens with one attached hydrogen (secondary N) is 1. The minimum atomic E-state index is -0.848. The summed E-state index contributed by atoms with van der Waals surface area (Å²) in [6.45, 7) is 4.16. The van der Waals surface area contributed by atoms with Crippen molar-refractivity contribution in [2.24, 2.45) is 11.8 Å². The van der Waals surface area contributed by atoms with Crippen molar-refractivity contribution in [1.82, 2.24) is 5.32 Å². The second kappa shape index (κ2) is 6.89. The van der Waals surface area contributed by atoms with Gasteiger partial charge in [-0.2, -0.15) is 0 Å². The first-order valence-corrected chi connectivity index (χ1v) is 6.93. The van der Waals surface area contributed by atoms with Crippen molar-refractivity contribution in [3.8, 4) is 0 Å². The molecule has 0 bridgehead atoms. The minimum absolute atomic E-state index is 0.114. The fourth-order valence-electron chi connectivity index (χ4n) is 2.46. The van der Waals surface area contributed by atoms with Crippen LogP contribution in [0.15, 0.2) is 0 Å². The van der Waals surface area contributed by atoms with Crippen molar-refractivity contribution in [3.05, 3.63) is 0 Å². The van der Waals surface area contributed by atoms with E-state index >= 15 is 0 Å². The molecule has 2 N–H and O–H groups in total. The van der Waals surface area contributed by atoms with Crippen molar-refractivity contribution in [1.29, 1.82) is 0 Å². The molecule has 0 spiro atoms. The number of hydrogen-bond donors (Lipinski definition) is 2. The maximum Gasteiger partial charge on any atom is 0.308 e. The van der Waals surface area contributed by atoms with Crippen LogP contribution in [0.1, 0.15) is 46.0 Å². The largest absolute Gasteiger partial charge is 0.481 e. The van der Waals surface area contributed by atoms with E-state index in [0.29, 0.717) is 18.8 Å². The number of hydrogen-bond acceptors (Lipinski definition) is 3. The lowest BCUT2D eigenvalue weighted by molar-refractivity contribution is -0.142. The molecule has 1 rings (SSSR count). The van der Waals surface area contributed by atoms with E-state index in [1.54, 1.807) is 7.11 Å². The summed E-state index contributed by atoms with van der Waals surface area (Å²) in [5, 5.41) is 11.8. The van der Waals surface area contributed by atoms with Gasteiger partial charge in [-0.1, -0.05) is 13.8 Å². The summed E-state index contributed by atoms with van der Waals surface area (Å²) in [5.74, 6) is -1.17. The summed E-state index contributed by atoms with van der Waals surface area (Å²) >= 11 is 0. The summed E-state index contributed by atoms with van der Waals surface area (Å²) < 4.78 is 5.39. The first kappa shape index (κ1) is 16.0. The van der Waals surface area contributed by atoms with E-state index < -0.39 is 11.9 Å². The monoisotopic (exact) mass is 271 g/mol. The van der Waals surface area contributed by atoms with E-state index in [2.05, 4.69) is 5.32 Å². The molecule has 0 radical (unpaired) electrons. The van der Waals surface area contributed by atoms with Crippen LogP contribution in [0.3, 0.4) is 0 Å². The Morgan fingerprint density at radius 2 is 2.00 bits per heavy atom.